The number of hydrogen-bond acceptors (Lipinski definition) is 6. The van der Waals surface area contributed by atoms with Crippen molar-refractivity contribution in [2.75, 3.05) is 7.11 Å². The maximum absolute atomic E-state index is 12.9. The highest BCUT2D eigenvalue weighted by Crippen LogP contribution is 2.35. The van der Waals surface area contributed by atoms with Crippen molar-refractivity contribution in [3.8, 4) is 5.75 Å². The van der Waals surface area contributed by atoms with Gasteiger partial charge < -0.3 is 4.74 Å². The Labute approximate surface area is 172 Å². The van der Waals surface area contributed by atoms with E-state index in [2.05, 4.69) is 22.4 Å². The van der Waals surface area contributed by atoms with Crippen LogP contribution in [0.5, 0.6) is 5.75 Å². The van der Waals surface area contributed by atoms with Crippen molar-refractivity contribution in [3.63, 3.8) is 0 Å². The molecule has 0 fully saturated rings. The number of hydrogen-bond donors (Lipinski definition) is 1. The molecule has 0 saturated heterocycles. The summed E-state index contributed by atoms with van der Waals surface area (Å²) >= 11 is 1.60. The maximum Gasteiger partial charge on any atom is 0.262 e. The molecule has 3 aromatic rings. The van der Waals surface area contributed by atoms with Crippen LogP contribution in [0.1, 0.15) is 29.3 Å². The van der Waals surface area contributed by atoms with Crippen LogP contribution >= 0.6 is 11.3 Å². The topological polar surface area (TPSA) is 85.6 Å². The Morgan fingerprint density at radius 3 is 2.97 bits per heavy atom. The van der Waals surface area contributed by atoms with Gasteiger partial charge in [-0.3, -0.25) is 14.2 Å². The standard InChI is InChI=1S/C21H22N4O3S/c1-13-3-8-16-17(9-13)29-20-19(16)21(27)25(12-22-20)11-18(26)24-23-10-14-4-6-15(28-2)7-5-14/h4-7,10,12-13H,3,8-9,11H2,1-2H3,(H,24,26)/b23-10-/t13-/m1/s1. The van der Waals surface area contributed by atoms with Gasteiger partial charge in [-0.2, -0.15) is 5.10 Å². The number of hydrazone groups is 1. The molecule has 0 spiro atoms. The summed E-state index contributed by atoms with van der Waals surface area (Å²) < 4.78 is 6.45. The van der Waals surface area contributed by atoms with Gasteiger partial charge in [0.1, 0.15) is 17.1 Å². The number of benzene rings is 1. The van der Waals surface area contributed by atoms with E-state index in [4.69, 9.17) is 4.74 Å². The number of aromatic nitrogens is 2. The summed E-state index contributed by atoms with van der Waals surface area (Å²) in [5.41, 5.74) is 4.25. The fraction of sp³-hybridized carbons (Fsp3) is 0.333. The fourth-order valence-electron chi connectivity index (χ4n) is 3.54. The first-order valence-corrected chi connectivity index (χ1v) is 10.3. The van der Waals surface area contributed by atoms with Gasteiger partial charge >= 0.3 is 0 Å². The molecule has 1 aliphatic carbocycles. The van der Waals surface area contributed by atoms with E-state index in [9.17, 15) is 9.59 Å². The van der Waals surface area contributed by atoms with Crippen LogP contribution in [0.25, 0.3) is 10.2 Å². The van der Waals surface area contributed by atoms with Gasteiger partial charge in [0.15, 0.2) is 0 Å². The van der Waals surface area contributed by atoms with Crippen LogP contribution in [0.3, 0.4) is 0 Å². The number of amides is 1. The summed E-state index contributed by atoms with van der Waals surface area (Å²) in [7, 11) is 1.60. The largest absolute Gasteiger partial charge is 0.497 e. The Morgan fingerprint density at radius 2 is 2.21 bits per heavy atom. The predicted octanol–water partition coefficient (Wildman–Crippen LogP) is 2.74. The molecule has 1 aliphatic rings. The van der Waals surface area contributed by atoms with Gasteiger partial charge in [-0.15, -0.1) is 11.3 Å². The number of nitrogens with one attached hydrogen (secondary N) is 1. The minimum absolute atomic E-state index is 0.122. The molecule has 150 valence electrons. The number of aryl methyl sites for hydroxylation is 1. The molecule has 4 rings (SSSR count). The van der Waals surface area contributed by atoms with E-state index in [0.29, 0.717) is 11.3 Å². The van der Waals surface area contributed by atoms with E-state index in [1.54, 1.807) is 18.4 Å². The lowest BCUT2D eigenvalue weighted by atomic mass is 9.89. The monoisotopic (exact) mass is 410 g/mol. The molecule has 0 saturated carbocycles. The van der Waals surface area contributed by atoms with E-state index >= 15 is 0 Å². The summed E-state index contributed by atoms with van der Waals surface area (Å²) in [4.78, 5) is 31.6. The van der Waals surface area contributed by atoms with Gasteiger partial charge in [0.2, 0.25) is 0 Å². The normalized spacial score (nSPS) is 16.1. The fourth-order valence-corrected chi connectivity index (χ4v) is 4.88. The Bertz CT molecular complexity index is 1130. The molecule has 0 aliphatic heterocycles. The SMILES string of the molecule is COc1ccc(/C=N\NC(=O)Cn2cnc3sc4c(c3c2=O)CC[C@@H](C)C4)cc1. The van der Waals surface area contributed by atoms with E-state index < -0.39 is 0 Å². The molecule has 0 bridgehead atoms. The summed E-state index contributed by atoms with van der Waals surface area (Å²) in [6.07, 6.45) is 5.96. The Hall–Kier alpha value is -3.00. The predicted molar refractivity (Wildman–Crippen MR) is 114 cm³/mol. The van der Waals surface area contributed by atoms with Gasteiger partial charge in [0, 0.05) is 4.88 Å². The molecule has 1 N–H and O–H groups in total. The third kappa shape index (κ3) is 4.07. The van der Waals surface area contributed by atoms with Crippen molar-refractivity contribution in [2.45, 2.75) is 32.7 Å². The zero-order valence-electron chi connectivity index (χ0n) is 16.3. The van der Waals surface area contributed by atoms with Crippen molar-refractivity contribution in [3.05, 3.63) is 57.0 Å². The van der Waals surface area contributed by atoms with Crippen LogP contribution in [0, 0.1) is 5.92 Å². The summed E-state index contributed by atoms with van der Waals surface area (Å²) in [5.74, 6) is 1.00. The van der Waals surface area contributed by atoms with Crippen LogP contribution in [-0.4, -0.2) is 28.8 Å². The summed E-state index contributed by atoms with van der Waals surface area (Å²) in [5, 5.41) is 4.63. The highest BCUT2D eigenvalue weighted by molar-refractivity contribution is 7.18. The second-order valence-corrected chi connectivity index (χ2v) is 8.36. The molecule has 1 aromatic carbocycles. The molecule has 1 atom stereocenters. The third-order valence-electron chi connectivity index (χ3n) is 5.11. The lowest BCUT2D eigenvalue weighted by Gasteiger charge is -2.17. The van der Waals surface area contributed by atoms with E-state index in [0.717, 1.165) is 41.0 Å². The number of fused-ring (bicyclic) bond motifs is 3. The van der Waals surface area contributed by atoms with Crippen molar-refractivity contribution in [1.29, 1.82) is 0 Å². The Kier molecular flexibility index (Phi) is 5.44. The van der Waals surface area contributed by atoms with Crippen molar-refractivity contribution in [1.82, 2.24) is 15.0 Å². The highest BCUT2D eigenvalue weighted by atomic mass is 32.1. The number of carbonyl (C=O) groups is 1. The Morgan fingerprint density at radius 1 is 1.41 bits per heavy atom. The van der Waals surface area contributed by atoms with Gasteiger partial charge in [-0.05, 0) is 60.6 Å². The molecule has 0 unspecified atom stereocenters. The first kappa shape index (κ1) is 19.3. The smallest absolute Gasteiger partial charge is 0.262 e. The molecule has 8 heteroatoms. The van der Waals surface area contributed by atoms with Gasteiger partial charge in [-0.25, -0.2) is 10.4 Å². The number of methoxy groups -OCH3 is 1. The lowest BCUT2D eigenvalue weighted by molar-refractivity contribution is -0.121. The van der Waals surface area contributed by atoms with Crippen LogP contribution < -0.4 is 15.7 Å². The second-order valence-electron chi connectivity index (χ2n) is 7.28. The second kappa shape index (κ2) is 8.16. The van der Waals surface area contributed by atoms with Gasteiger partial charge in [0.25, 0.3) is 11.5 Å². The van der Waals surface area contributed by atoms with E-state index in [-0.39, 0.29) is 18.0 Å². The van der Waals surface area contributed by atoms with Crippen molar-refractivity contribution < 1.29 is 9.53 Å². The number of thiophene rings is 1. The number of carbonyl (C=O) groups excluding carboxylic acids is 1. The average molecular weight is 410 g/mol. The zero-order valence-corrected chi connectivity index (χ0v) is 17.2. The van der Waals surface area contributed by atoms with Crippen LogP contribution in [-0.2, 0) is 24.2 Å². The molecular formula is C21H22N4O3S. The van der Waals surface area contributed by atoms with Crippen molar-refractivity contribution in [2.24, 2.45) is 11.0 Å². The zero-order chi connectivity index (χ0) is 20.4. The number of ether oxygens (including phenoxy) is 1. The minimum atomic E-state index is -0.379. The molecule has 2 aromatic heterocycles. The van der Waals surface area contributed by atoms with Crippen LogP contribution in [0.15, 0.2) is 40.5 Å². The summed E-state index contributed by atoms with van der Waals surface area (Å²) in [6, 6.07) is 7.28. The molecule has 1 amide bonds. The third-order valence-corrected chi connectivity index (χ3v) is 6.28. The molecular weight excluding hydrogens is 388 g/mol. The maximum atomic E-state index is 12.9. The molecule has 7 nitrogen and oxygen atoms in total. The first-order chi connectivity index (χ1) is 14.0. The van der Waals surface area contributed by atoms with Crippen LogP contribution in [0.2, 0.25) is 0 Å². The van der Waals surface area contributed by atoms with E-state index in [1.165, 1.54) is 22.0 Å². The van der Waals surface area contributed by atoms with Crippen molar-refractivity contribution >= 4 is 33.7 Å². The van der Waals surface area contributed by atoms with Gasteiger partial charge in [0.05, 0.1) is 25.0 Å². The summed E-state index contributed by atoms with van der Waals surface area (Å²) in [6.45, 7) is 2.11. The lowest BCUT2D eigenvalue weighted by Crippen LogP contribution is -2.30. The van der Waals surface area contributed by atoms with Crippen LogP contribution in [0.4, 0.5) is 0 Å². The Balaban J connectivity index is 1.47. The minimum Gasteiger partial charge on any atom is -0.497 e. The highest BCUT2D eigenvalue weighted by Gasteiger charge is 2.23. The molecule has 2 heterocycles. The van der Waals surface area contributed by atoms with E-state index in [1.807, 2.05) is 24.3 Å². The molecule has 29 heavy (non-hydrogen) atoms. The quantitative estimate of drug-likeness (QED) is 0.518. The number of rotatable bonds is 5. The average Bonchev–Trinajstić information content (AvgIpc) is 3.09. The first-order valence-electron chi connectivity index (χ1n) is 9.51. The number of nitrogens with zero attached hydrogens (tertiary/aromatic N) is 3. The van der Waals surface area contributed by atoms with Gasteiger partial charge in [-0.1, -0.05) is 6.92 Å². The molecule has 0 radical (unpaired) electrons.